The van der Waals surface area contributed by atoms with Crippen molar-refractivity contribution >= 4 is 34.7 Å². The number of carbonyl (C=O) groups excluding carboxylic acids is 2. The topological polar surface area (TPSA) is 135 Å². The molecule has 5 N–H and O–H groups in total. The van der Waals surface area contributed by atoms with Crippen LogP contribution in [0.4, 0.5) is 13.6 Å². The fourth-order valence-corrected chi connectivity index (χ4v) is 4.98. The minimum Gasteiger partial charge on any atom is -0.372 e. The second-order valence-corrected chi connectivity index (χ2v) is 8.94. The molecular weight excluding hydrogens is 478 g/mol. The van der Waals surface area contributed by atoms with E-state index in [4.69, 9.17) is 16.2 Å². The summed E-state index contributed by atoms with van der Waals surface area (Å²) in [4.78, 5) is 26.6. The first-order valence-corrected chi connectivity index (χ1v) is 11.5. The first-order chi connectivity index (χ1) is 16.7. The third-order valence-corrected chi connectivity index (χ3v) is 6.77. The normalized spacial score (nSPS) is 18.8. The van der Waals surface area contributed by atoms with Crippen LogP contribution in [0.2, 0.25) is 0 Å². The number of thioether (sulfide) groups is 1. The van der Waals surface area contributed by atoms with Crippen LogP contribution in [-0.4, -0.2) is 47.7 Å². The molecule has 0 fully saturated rings. The number of hydrogen-bond acceptors (Lipinski definition) is 5. The number of aliphatic imine (C=N–C) groups is 1. The standard InChI is InChI=1S/C23H26F2N6O3S/c1-14(34-2)20(32)31-23(15-7-4-3-5-8-15,11-6-12-28-21(26)29-22(27)33)35-19(30-31)17-13-16(24)9-10-18(17)25/h3-5,7-10,13-14H,6,11-12H2,1-2H3,(H5,26,27,28,29,33)/t14-,23?/m0/s1. The van der Waals surface area contributed by atoms with Crippen molar-refractivity contribution < 1.29 is 23.1 Å². The Labute approximate surface area is 205 Å². The minimum atomic E-state index is -1.09. The lowest BCUT2D eigenvalue weighted by molar-refractivity contribution is -0.144. The highest BCUT2D eigenvalue weighted by molar-refractivity contribution is 8.15. The average molecular weight is 505 g/mol. The lowest BCUT2D eigenvalue weighted by Crippen LogP contribution is -2.46. The quantitative estimate of drug-likeness (QED) is 0.287. The molecule has 2 aromatic rings. The number of hydrogen-bond donors (Lipinski definition) is 3. The summed E-state index contributed by atoms with van der Waals surface area (Å²) in [5.41, 5.74) is 11.3. The van der Waals surface area contributed by atoms with Crippen LogP contribution >= 0.6 is 11.8 Å². The van der Waals surface area contributed by atoms with E-state index < -0.39 is 34.5 Å². The van der Waals surface area contributed by atoms with Crippen molar-refractivity contribution in [2.75, 3.05) is 13.7 Å². The van der Waals surface area contributed by atoms with Crippen molar-refractivity contribution in [1.29, 1.82) is 0 Å². The molecule has 1 unspecified atom stereocenters. The summed E-state index contributed by atoms with van der Waals surface area (Å²) in [5.74, 6) is -1.87. The minimum absolute atomic E-state index is 0.0494. The van der Waals surface area contributed by atoms with Crippen molar-refractivity contribution in [1.82, 2.24) is 10.3 Å². The molecule has 0 bridgehead atoms. The monoisotopic (exact) mass is 504 g/mol. The van der Waals surface area contributed by atoms with E-state index in [9.17, 15) is 18.4 Å². The van der Waals surface area contributed by atoms with Crippen LogP contribution in [0.5, 0.6) is 0 Å². The van der Waals surface area contributed by atoms with Gasteiger partial charge in [0.05, 0.1) is 0 Å². The van der Waals surface area contributed by atoms with Crippen molar-refractivity contribution in [3.63, 3.8) is 0 Å². The summed E-state index contributed by atoms with van der Waals surface area (Å²) in [6.07, 6.45) is -0.0585. The maximum atomic E-state index is 14.7. The Morgan fingerprint density at radius 1 is 1.23 bits per heavy atom. The number of carbonyl (C=O) groups is 2. The fourth-order valence-electron chi connectivity index (χ4n) is 3.55. The second-order valence-electron chi connectivity index (χ2n) is 7.68. The molecule has 1 aliphatic rings. The maximum absolute atomic E-state index is 14.7. The SMILES string of the molecule is CO[C@@H](C)C(=O)N1N=C(c2cc(F)ccc2F)SC1(CCCN/C(N)=N/C(N)=O)c1ccccc1. The molecule has 0 spiro atoms. The predicted molar refractivity (Wildman–Crippen MR) is 130 cm³/mol. The first kappa shape index (κ1) is 26.1. The summed E-state index contributed by atoms with van der Waals surface area (Å²) < 4.78 is 33.9. The van der Waals surface area contributed by atoms with Gasteiger partial charge in [-0.3, -0.25) is 4.79 Å². The van der Waals surface area contributed by atoms with Gasteiger partial charge < -0.3 is 21.5 Å². The molecule has 2 aromatic carbocycles. The molecular formula is C23H26F2N6O3S. The Balaban J connectivity index is 2.01. The Bertz CT molecular complexity index is 1150. The average Bonchev–Trinajstić information content (AvgIpc) is 3.23. The highest BCUT2D eigenvalue weighted by atomic mass is 32.2. The summed E-state index contributed by atoms with van der Waals surface area (Å²) in [6.45, 7) is 1.88. The molecule has 0 aliphatic carbocycles. The van der Waals surface area contributed by atoms with Crippen molar-refractivity contribution in [3.8, 4) is 0 Å². The Morgan fingerprint density at radius 2 is 1.94 bits per heavy atom. The number of hydrazone groups is 1. The third kappa shape index (κ3) is 5.95. The molecule has 186 valence electrons. The smallest absolute Gasteiger partial charge is 0.341 e. The van der Waals surface area contributed by atoms with Gasteiger partial charge in [-0.2, -0.15) is 10.1 Å². The number of benzene rings is 2. The maximum Gasteiger partial charge on any atom is 0.341 e. The van der Waals surface area contributed by atoms with Crippen molar-refractivity contribution in [3.05, 3.63) is 71.3 Å². The largest absolute Gasteiger partial charge is 0.372 e. The van der Waals surface area contributed by atoms with Gasteiger partial charge in [-0.25, -0.2) is 18.6 Å². The molecule has 1 aliphatic heterocycles. The highest BCUT2D eigenvalue weighted by Gasteiger charge is 2.49. The molecule has 0 radical (unpaired) electrons. The molecule has 1 heterocycles. The van der Waals surface area contributed by atoms with E-state index in [2.05, 4.69) is 15.4 Å². The number of primary amides is 1. The van der Waals surface area contributed by atoms with Gasteiger partial charge in [-0.1, -0.05) is 42.1 Å². The Hall–Kier alpha value is -3.51. The number of nitrogens with one attached hydrogen (secondary N) is 1. The molecule has 3 amide bonds. The summed E-state index contributed by atoms with van der Waals surface area (Å²) >= 11 is 1.15. The van der Waals surface area contributed by atoms with Crippen LogP contribution < -0.4 is 16.8 Å². The third-order valence-electron chi connectivity index (χ3n) is 5.32. The van der Waals surface area contributed by atoms with Crippen LogP contribution in [0.3, 0.4) is 0 Å². The summed E-state index contributed by atoms with van der Waals surface area (Å²) in [7, 11) is 1.40. The van der Waals surface area contributed by atoms with Gasteiger partial charge in [0.2, 0.25) is 0 Å². The Kier molecular flexibility index (Phi) is 8.41. The number of ether oxygens (including phenoxy) is 1. The van der Waals surface area contributed by atoms with Gasteiger partial charge in [-0.05, 0) is 43.5 Å². The van der Waals surface area contributed by atoms with Gasteiger partial charge in [0, 0.05) is 19.2 Å². The molecule has 12 heteroatoms. The zero-order valence-corrected chi connectivity index (χ0v) is 20.0. The lowest BCUT2D eigenvalue weighted by Gasteiger charge is -2.37. The first-order valence-electron chi connectivity index (χ1n) is 10.7. The van der Waals surface area contributed by atoms with E-state index in [-0.39, 0.29) is 16.6 Å². The number of amides is 3. The summed E-state index contributed by atoms with van der Waals surface area (Å²) in [6, 6.07) is 11.3. The molecule has 0 saturated heterocycles. The van der Waals surface area contributed by atoms with Crippen molar-refractivity contribution in [2.45, 2.75) is 30.7 Å². The van der Waals surface area contributed by atoms with Gasteiger partial charge in [0.15, 0.2) is 5.96 Å². The number of urea groups is 1. The molecule has 0 aromatic heterocycles. The van der Waals surface area contributed by atoms with Gasteiger partial charge >= 0.3 is 6.03 Å². The molecule has 35 heavy (non-hydrogen) atoms. The van der Waals surface area contributed by atoms with Crippen LogP contribution in [0.25, 0.3) is 0 Å². The Morgan fingerprint density at radius 3 is 2.60 bits per heavy atom. The van der Waals surface area contributed by atoms with E-state index in [0.29, 0.717) is 19.4 Å². The zero-order chi connectivity index (χ0) is 25.6. The van der Waals surface area contributed by atoms with Crippen LogP contribution in [-0.2, 0) is 14.4 Å². The van der Waals surface area contributed by atoms with E-state index in [1.165, 1.54) is 12.1 Å². The van der Waals surface area contributed by atoms with E-state index in [1.54, 1.807) is 6.92 Å². The summed E-state index contributed by atoms with van der Waals surface area (Å²) in [5, 5.41) is 8.68. The molecule has 0 saturated carbocycles. The number of guanidine groups is 1. The number of nitrogens with two attached hydrogens (primary N) is 2. The number of halogens is 2. The van der Waals surface area contributed by atoms with E-state index in [1.807, 2.05) is 30.3 Å². The van der Waals surface area contributed by atoms with E-state index >= 15 is 0 Å². The highest BCUT2D eigenvalue weighted by Crippen LogP contribution is 2.50. The van der Waals surface area contributed by atoms with Gasteiger partial charge in [-0.15, -0.1) is 0 Å². The van der Waals surface area contributed by atoms with Crippen LogP contribution in [0, 0.1) is 11.6 Å². The second kappa shape index (κ2) is 11.3. The number of rotatable bonds is 8. The molecule has 3 rings (SSSR count). The lowest BCUT2D eigenvalue weighted by atomic mass is 9.99. The molecule has 9 nitrogen and oxygen atoms in total. The van der Waals surface area contributed by atoms with Gasteiger partial charge in [0.25, 0.3) is 5.91 Å². The molecule has 2 atom stereocenters. The van der Waals surface area contributed by atoms with Crippen molar-refractivity contribution in [2.24, 2.45) is 21.6 Å². The number of nitrogens with zero attached hydrogens (tertiary/aromatic N) is 3. The predicted octanol–water partition coefficient (Wildman–Crippen LogP) is 2.85. The van der Waals surface area contributed by atoms with E-state index in [0.717, 1.165) is 35.5 Å². The number of methoxy groups -OCH3 is 1. The van der Waals surface area contributed by atoms with Crippen LogP contribution in [0.15, 0.2) is 58.6 Å². The fraction of sp³-hybridized carbons (Fsp3) is 0.304. The zero-order valence-electron chi connectivity index (χ0n) is 19.2. The van der Waals surface area contributed by atoms with Gasteiger partial charge in [0.1, 0.15) is 27.7 Å². The van der Waals surface area contributed by atoms with Crippen LogP contribution in [0.1, 0.15) is 30.9 Å².